The Kier molecular flexibility index (Phi) is 6.31. The first-order valence-corrected chi connectivity index (χ1v) is 3.92. The van der Waals surface area contributed by atoms with E-state index in [1.54, 1.807) is 13.8 Å². The number of hydrogen-bond donors (Lipinski definition) is 1. The molecule has 0 heterocycles. The van der Waals surface area contributed by atoms with Gasteiger partial charge in [-0.3, -0.25) is 0 Å². The van der Waals surface area contributed by atoms with E-state index in [2.05, 4.69) is 14.5 Å². The van der Waals surface area contributed by atoms with Crippen LogP contribution in [-0.4, -0.2) is 30.5 Å². The molecule has 0 aromatic carbocycles. The highest BCUT2D eigenvalue weighted by molar-refractivity contribution is 6.23. The fourth-order valence-corrected chi connectivity index (χ4v) is 0.527. The Labute approximate surface area is 76.7 Å². The third kappa shape index (κ3) is 6.86. The molecule has 0 unspecified atom stereocenters. The normalized spacial score (nSPS) is 11.7. The minimum Gasteiger partial charge on any atom is -0.480 e. The molecule has 0 fully saturated rings. The summed E-state index contributed by atoms with van der Waals surface area (Å²) in [5.74, 6) is -0.883. The van der Waals surface area contributed by atoms with Crippen molar-refractivity contribution in [3.63, 3.8) is 0 Å². The van der Waals surface area contributed by atoms with Gasteiger partial charge in [0.15, 0.2) is 0 Å². The number of rotatable bonds is 5. The molecule has 0 aromatic heterocycles. The Morgan fingerprint density at radius 3 is 2.54 bits per heavy atom. The molecule has 5 nitrogen and oxygen atoms in total. The van der Waals surface area contributed by atoms with Crippen LogP contribution in [0.5, 0.6) is 0 Å². The number of nitrogens with zero attached hydrogens (tertiary/aromatic N) is 1. The van der Waals surface area contributed by atoms with Crippen molar-refractivity contribution < 1.29 is 19.4 Å². The van der Waals surface area contributed by atoms with Crippen LogP contribution in [0.2, 0.25) is 0 Å². The summed E-state index contributed by atoms with van der Waals surface area (Å²) in [6.45, 7) is 4.06. The van der Waals surface area contributed by atoms with Gasteiger partial charge in [-0.2, -0.15) is 0 Å². The molecule has 0 aliphatic rings. The summed E-state index contributed by atoms with van der Waals surface area (Å²) in [5.41, 5.74) is 0. The monoisotopic (exact) mass is 187 g/mol. The highest BCUT2D eigenvalue weighted by atomic mass is 16.6. The van der Waals surface area contributed by atoms with Crippen LogP contribution in [0.15, 0.2) is 17.1 Å². The van der Waals surface area contributed by atoms with Gasteiger partial charge >= 0.3 is 5.97 Å². The number of carbonyl (C=O) groups excluding carboxylic acids is 1. The lowest BCUT2D eigenvalue weighted by molar-refractivity contribution is -0.134. The second kappa shape index (κ2) is 7.15. The Morgan fingerprint density at radius 2 is 2.00 bits per heavy atom. The molecular weight excluding hydrogens is 174 g/mol. The molecule has 13 heavy (non-hydrogen) atoms. The summed E-state index contributed by atoms with van der Waals surface area (Å²) in [4.78, 5) is 14.1. The first kappa shape index (κ1) is 11.5. The molecule has 0 spiro atoms. The molecule has 0 atom stereocenters. The molecule has 0 amide bonds. The smallest absolute Gasteiger partial charge is 0.349 e. The number of carbonyl (C=O) groups is 1. The lowest BCUT2D eigenvalue weighted by Gasteiger charge is -1.96. The molecule has 0 aliphatic heterocycles. The quantitative estimate of drug-likeness (QED) is 0.396. The van der Waals surface area contributed by atoms with Gasteiger partial charge in [-0.25, -0.2) is 9.79 Å². The molecule has 0 aromatic rings. The van der Waals surface area contributed by atoms with Crippen molar-refractivity contribution in [3.05, 3.63) is 12.1 Å². The van der Waals surface area contributed by atoms with Gasteiger partial charge in [0.1, 0.15) is 12.4 Å². The van der Waals surface area contributed by atoms with Gasteiger partial charge in [0, 0.05) is 0 Å². The van der Waals surface area contributed by atoms with Crippen molar-refractivity contribution in [1.29, 1.82) is 0 Å². The van der Waals surface area contributed by atoms with E-state index in [0.717, 1.165) is 12.4 Å². The van der Waals surface area contributed by atoms with Crippen LogP contribution in [-0.2, 0) is 14.3 Å². The predicted molar refractivity (Wildman–Crippen MR) is 47.5 cm³/mol. The predicted octanol–water partition coefficient (Wildman–Crippen LogP) is 1.01. The van der Waals surface area contributed by atoms with Crippen molar-refractivity contribution in [2.24, 2.45) is 4.99 Å². The van der Waals surface area contributed by atoms with Crippen LogP contribution in [0.1, 0.15) is 13.8 Å². The van der Waals surface area contributed by atoms with Crippen molar-refractivity contribution in [1.82, 2.24) is 0 Å². The van der Waals surface area contributed by atoms with Crippen LogP contribution < -0.4 is 0 Å². The van der Waals surface area contributed by atoms with Crippen LogP contribution >= 0.6 is 0 Å². The maximum Gasteiger partial charge on any atom is 0.349 e. The van der Waals surface area contributed by atoms with E-state index in [1.165, 1.54) is 0 Å². The summed E-state index contributed by atoms with van der Waals surface area (Å²) < 4.78 is 9.18. The number of aliphatic hydroxyl groups excluding tert-OH is 1. The van der Waals surface area contributed by atoms with Gasteiger partial charge in [-0.15, -0.1) is 0 Å². The van der Waals surface area contributed by atoms with E-state index in [9.17, 15) is 4.79 Å². The number of aliphatic hydroxyl groups is 1. The largest absolute Gasteiger partial charge is 0.480 e. The maximum atomic E-state index is 10.7. The molecule has 0 rings (SSSR count). The van der Waals surface area contributed by atoms with Crippen molar-refractivity contribution >= 4 is 12.2 Å². The molecule has 0 aliphatic carbocycles. The highest BCUT2D eigenvalue weighted by Crippen LogP contribution is 1.90. The fraction of sp³-hybridized carbons (Fsp3) is 0.500. The molecule has 5 heteroatoms. The zero-order valence-electron chi connectivity index (χ0n) is 7.69. The van der Waals surface area contributed by atoms with Gasteiger partial charge in [-0.1, -0.05) is 0 Å². The molecule has 74 valence electrons. The molecule has 0 radical (unpaired) electrons. The van der Waals surface area contributed by atoms with Crippen LogP contribution in [0.25, 0.3) is 0 Å². The van der Waals surface area contributed by atoms with E-state index >= 15 is 0 Å². The zero-order valence-corrected chi connectivity index (χ0v) is 7.69. The topological polar surface area (TPSA) is 68.1 Å². The van der Waals surface area contributed by atoms with Crippen LogP contribution in [0, 0.1) is 0 Å². The third-order valence-electron chi connectivity index (χ3n) is 0.944. The fourth-order valence-electron chi connectivity index (χ4n) is 0.527. The van der Waals surface area contributed by atoms with E-state index < -0.39 is 5.97 Å². The minimum atomic E-state index is -0.553. The van der Waals surface area contributed by atoms with E-state index in [1.807, 2.05) is 0 Å². The zero-order chi connectivity index (χ0) is 10.1. The summed E-state index contributed by atoms with van der Waals surface area (Å²) in [7, 11) is 0. The maximum absolute atomic E-state index is 10.7. The Hall–Kier alpha value is -1.52. The second-order valence-corrected chi connectivity index (χ2v) is 1.93. The van der Waals surface area contributed by atoms with Gasteiger partial charge in [0.25, 0.3) is 5.95 Å². The summed E-state index contributed by atoms with van der Waals surface area (Å²) in [6, 6.07) is 0. The Morgan fingerprint density at radius 1 is 1.38 bits per heavy atom. The van der Waals surface area contributed by atoms with Gasteiger partial charge < -0.3 is 14.6 Å². The Balaban J connectivity index is 3.84. The molecular formula is C8H13NO4. The average Bonchev–Trinajstić information content (AvgIpc) is 2.05. The van der Waals surface area contributed by atoms with Crippen molar-refractivity contribution in [2.75, 3.05) is 13.2 Å². The number of esters is 1. The first-order chi connectivity index (χ1) is 6.20. The van der Waals surface area contributed by atoms with E-state index in [4.69, 9.17) is 5.11 Å². The lowest BCUT2D eigenvalue weighted by atomic mass is 10.7. The van der Waals surface area contributed by atoms with E-state index in [0.29, 0.717) is 13.2 Å². The number of ether oxygens (including phenoxy) is 2. The summed E-state index contributed by atoms with van der Waals surface area (Å²) in [5, 5.41) is 8.86. The minimum absolute atomic E-state index is 0.298. The summed E-state index contributed by atoms with van der Waals surface area (Å²) >= 11 is 0. The van der Waals surface area contributed by atoms with E-state index in [-0.39, 0.29) is 5.95 Å². The molecule has 0 saturated heterocycles. The van der Waals surface area contributed by atoms with Gasteiger partial charge in [-0.05, 0) is 13.8 Å². The standard InChI is InChI=1S/C8H13NO4/c1-3-12-7(10)5-9-6-8(11)13-4-2/h5-6,10H,3-4H2,1-2H3/b7-5+,9-6?. The number of aliphatic imine (C=N–C) groups is 1. The Bertz CT molecular complexity index is 210. The van der Waals surface area contributed by atoms with Crippen molar-refractivity contribution in [2.45, 2.75) is 13.8 Å². The average molecular weight is 187 g/mol. The SMILES string of the molecule is CCOC(=O)C=N/C=C(\O)OCC. The third-order valence-corrected chi connectivity index (χ3v) is 0.944. The number of hydrogen-bond acceptors (Lipinski definition) is 5. The highest BCUT2D eigenvalue weighted by Gasteiger charge is 1.93. The van der Waals surface area contributed by atoms with Gasteiger partial charge in [0.05, 0.1) is 13.2 Å². The second-order valence-electron chi connectivity index (χ2n) is 1.93. The van der Waals surface area contributed by atoms with Gasteiger partial charge in [0.2, 0.25) is 0 Å². The van der Waals surface area contributed by atoms with Crippen molar-refractivity contribution in [3.8, 4) is 0 Å². The molecule has 0 saturated carbocycles. The molecule has 0 bridgehead atoms. The lowest BCUT2D eigenvalue weighted by Crippen LogP contribution is -2.04. The van der Waals surface area contributed by atoms with Crippen LogP contribution in [0.4, 0.5) is 0 Å². The van der Waals surface area contributed by atoms with Crippen LogP contribution in [0.3, 0.4) is 0 Å². The summed E-state index contributed by atoms with van der Waals surface area (Å²) in [6.07, 6.45) is 1.99. The first-order valence-electron chi connectivity index (χ1n) is 3.92. The molecule has 1 N–H and O–H groups in total.